The predicted octanol–water partition coefficient (Wildman–Crippen LogP) is 7.33. The van der Waals surface area contributed by atoms with E-state index in [-0.39, 0.29) is 5.82 Å². The molecule has 0 N–H and O–H groups in total. The summed E-state index contributed by atoms with van der Waals surface area (Å²) >= 11 is 10.3. The van der Waals surface area contributed by atoms with Crippen LogP contribution in [0.1, 0.15) is 16.7 Å². The molecule has 3 rings (SSSR count). The summed E-state index contributed by atoms with van der Waals surface area (Å²) in [6, 6.07) is 19.6. The van der Waals surface area contributed by atoms with Gasteiger partial charge in [0.15, 0.2) is 0 Å². The predicted molar refractivity (Wildman–Crippen MR) is 128 cm³/mol. The number of nitrogens with zero attached hydrogens (tertiary/aromatic N) is 1. The van der Waals surface area contributed by atoms with Gasteiger partial charge in [-0.25, -0.2) is 4.39 Å². The number of hydrogen-bond acceptors (Lipinski definition) is 2. The van der Waals surface area contributed by atoms with Gasteiger partial charge in [0.1, 0.15) is 18.2 Å². The topological polar surface area (TPSA) is 33.0 Å². The van der Waals surface area contributed by atoms with Gasteiger partial charge < -0.3 is 4.74 Å². The number of benzene rings is 3. The second-order valence-electron chi connectivity index (χ2n) is 5.91. The van der Waals surface area contributed by atoms with Crippen LogP contribution in [0.15, 0.2) is 60.7 Å². The van der Waals surface area contributed by atoms with Crippen LogP contribution >= 0.6 is 56.8 Å². The molecule has 0 aromatic heterocycles. The molecule has 6 heteroatoms. The van der Waals surface area contributed by atoms with Gasteiger partial charge in [0, 0.05) is 5.02 Å². The first-order chi connectivity index (χ1) is 13.5. The zero-order valence-electron chi connectivity index (χ0n) is 14.4. The summed E-state index contributed by atoms with van der Waals surface area (Å²) in [5, 5.41) is 10.2. The lowest BCUT2D eigenvalue weighted by Gasteiger charge is -2.12. The highest BCUT2D eigenvalue weighted by Crippen LogP contribution is 2.31. The molecule has 0 atom stereocenters. The van der Waals surface area contributed by atoms with Crippen LogP contribution in [0.5, 0.6) is 5.75 Å². The molecule has 2 nitrogen and oxygen atoms in total. The average molecular weight is 616 g/mol. The number of nitriles is 1. The minimum atomic E-state index is -0.367. The third-order valence-electron chi connectivity index (χ3n) is 3.88. The summed E-state index contributed by atoms with van der Waals surface area (Å²) in [5.74, 6) is 0.423. The Labute approximate surface area is 195 Å². The Morgan fingerprint density at radius 1 is 1.07 bits per heavy atom. The molecule has 0 amide bonds. The van der Waals surface area contributed by atoms with Crippen molar-refractivity contribution in [1.29, 1.82) is 5.26 Å². The standard InChI is InChI=1S/C22H13ClFI2NO/c23-18-6-4-14(5-7-18)13-28-22-20(25)9-15(10-21(22)26)8-17(12-27)16-2-1-3-19(24)11-16/h1-11H,13H2/b17-8-. The summed E-state index contributed by atoms with van der Waals surface area (Å²) in [6.07, 6.45) is 1.75. The maximum absolute atomic E-state index is 13.5. The van der Waals surface area contributed by atoms with Crippen molar-refractivity contribution in [2.75, 3.05) is 0 Å². The lowest BCUT2D eigenvalue weighted by molar-refractivity contribution is 0.302. The molecular formula is C22H13ClFI2NO. The minimum absolute atomic E-state index is 0.367. The lowest BCUT2D eigenvalue weighted by atomic mass is 10.0. The van der Waals surface area contributed by atoms with Gasteiger partial charge in [-0.3, -0.25) is 0 Å². The van der Waals surface area contributed by atoms with E-state index in [9.17, 15) is 9.65 Å². The van der Waals surface area contributed by atoms with E-state index < -0.39 is 0 Å². The maximum atomic E-state index is 13.5. The maximum Gasteiger partial charge on any atom is 0.146 e. The van der Waals surface area contributed by atoms with Crippen molar-refractivity contribution in [3.63, 3.8) is 0 Å². The van der Waals surface area contributed by atoms with Crippen molar-refractivity contribution in [2.45, 2.75) is 6.61 Å². The van der Waals surface area contributed by atoms with E-state index in [0.717, 1.165) is 24.0 Å². The first kappa shape index (κ1) is 21.1. The zero-order chi connectivity index (χ0) is 20.1. The molecule has 3 aromatic carbocycles. The number of halogens is 4. The summed E-state index contributed by atoms with van der Waals surface area (Å²) < 4.78 is 21.3. The van der Waals surface area contributed by atoms with Gasteiger partial charge >= 0.3 is 0 Å². The molecule has 140 valence electrons. The Morgan fingerprint density at radius 2 is 1.75 bits per heavy atom. The summed E-state index contributed by atoms with van der Waals surface area (Å²) in [6.45, 7) is 0.436. The van der Waals surface area contributed by atoms with E-state index in [1.54, 1.807) is 18.2 Å². The largest absolute Gasteiger partial charge is 0.487 e. The number of allylic oxidation sites excluding steroid dienone is 1. The monoisotopic (exact) mass is 615 g/mol. The van der Waals surface area contributed by atoms with Crippen molar-refractivity contribution in [3.8, 4) is 11.8 Å². The van der Waals surface area contributed by atoms with Crippen molar-refractivity contribution in [3.05, 3.63) is 95.3 Å². The molecule has 0 saturated carbocycles. The van der Waals surface area contributed by atoms with Crippen molar-refractivity contribution in [2.24, 2.45) is 0 Å². The molecule has 0 unspecified atom stereocenters. The number of ether oxygens (including phenoxy) is 1. The first-order valence-electron chi connectivity index (χ1n) is 8.20. The Bertz CT molecular complexity index is 1050. The highest BCUT2D eigenvalue weighted by molar-refractivity contribution is 14.1. The molecule has 28 heavy (non-hydrogen) atoms. The highest BCUT2D eigenvalue weighted by atomic mass is 127. The lowest BCUT2D eigenvalue weighted by Crippen LogP contribution is -1.99. The fourth-order valence-corrected chi connectivity index (χ4v) is 4.79. The van der Waals surface area contributed by atoms with Gasteiger partial charge in [0.05, 0.1) is 18.8 Å². The van der Waals surface area contributed by atoms with E-state index >= 15 is 0 Å². The molecule has 0 fully saturated rings. The van der Waals surface area contributed by atoms with Gasteiger partial charge in [-0.05, 0) is 104 Å². The first-order valence-corrected chi connectivity index (χ1v) is 10.7. The Balaban J connectivity index is 1.84. The van der Waals surface area contributed by atoms with E-state index in [0.29, 0.717) is 22.8 Å². The van der Waals surface area contributed by atoms with Gasteiger partial charge in [0.25, 0.3) is 0 Å². The van der Waals surface area contributed by atoms with Crippen molar-refractivity contribution < 1.29 is 9.13 Å². The molecule has 0 spiro atoms. The van der Waals surface area contributed by atoms with E-state index in [1.165, 1.54) is 12.1 Å². The second-order valence-corrected chi connectivity index (χ2v) is 8.67. The molecule has 0 aliphatic carbocycles. The van der Waals surface area contributed by atoms with Crippen LogP contribution in [0.4, 0.5) is 4.39 Å². The van der Waals surface area contributed by atoms with E-state index in [1.807, 2.05) is 36.4 Å². The fourth-order valence-electron chi connectivity index (χ4n) is 2.54. The van der Waals surface area contributed by atoms with E-state index in [2.05, 4.69) is 51.3 Å². The third kappa shape index (κ3) is 5.46. The van der Waals surface area contributed by atoms with Gasteiger partial charge in [0.2, 0.25) is 0 Å². The highest BCUT2D eigenvalue weighted by Gasteiger charge is 2.10. The summed E-state index contributed by atoms with van der Waals surface area (Å²) in [7, 11) is 0. The molecule has 0 radical (unpaired) electrons. The molecular weight excluding hydrogens is 603 g/mol. The summed E-state index contributed by atoms with van der Waals surface area (Å²) in [4.78, 5) is 0. The SMILES string of the molecule is N#C/C(=C/c1cc(I)c(OCc2ccc(Cl)cc2)c(I)c1)c1cccc(F)c1. The smallest absolute Gasteiger partial charge is 0.146 e. The van der Waals surface area contributed by atoms with Crippen LogP contribution in [0.2, 0.25) is 5.02 Å². The van der Waals surface area contributed by atoms with Gasteiger partial charge in [-0.2, -0.15) is 5.26 Å². The summed E-state index contributed by atoms with van der Waals surface area (Å²) in [5.41, 5.74) is 2.84. The fraction of sp³-hybridized carbons (Fsp3) is 0.0455. The van der Waals surface area contributed by atoms with Crippen LogP contribution in [0.3, 0.4) is 0 Å². The minimum Gasteiger partial charge on any atom is -0.487 e. The molecule has 0 saturated heterocycles. The number of hydrogen-bond donors (Lipinski definition) is 0. The molecule has 0 heterocycles. The Hall–Kier alpha value is -1.63. The van der Waals surface area contributed by atoms with Crippen LogP contribution in [0, 0.1) is 24.3 Å². The van der Waals surface area contributed by atoms with E-state index in [4.69, 9.17) is 16.3 Å². The zero-order valence-corrected chi connectivity index (χ0v) is 19.5. The van der Waals surface area contributed by atoms with Gasteiger partial charge in [-0.15, -0.1) is 0 Å². The van der Waals surface area contributed by atoms with Crippen molar-refractivity contribution >= 4 is 68.4 Å². The quantitative estimate of drug-likeness (QED) is 0.171. The molecule has 0 aliphatic rings. The van der Waals surface area contributed by atoms with Crippen LogP contribution < -0.4 is 4.74 Å². The van der Waals surface area contributed by atoms with Crippen LogP contribution in [-0.2, 0) is 6.61 Å². The Kier molecular flexibility index (Phi) is 7.32. The van der Waals surface area contributed by atoms with Gasteiger partial charge in [-0.1, -0.05) is 35.9 Å². The molecule has 0 aliphatic heterocycles. The second kappa shape index (κ2) is 9.72. The molecule has 3 aromatic rings. The normalized spacial score (nSPS) is 11.2. The van der Waals surface area contributed by atoms with Crippen molar-refractivity contribution in [1.82, 2.24) is 0 Å². The average Bonchev–Trinajstić information content (AvgIpc) is 2.67. The van der Waals surface area contributed by atoms with Crippen LogP contribution in [-0.4, -0.2) is 0 Å². The third-order valence-corrected chi connectivity index (χ3v) is 5.74. The van der Waals surface area contributed by atoms with Crippen LogP contribution in [0.25, 0.3) is 11.6 Å². The number of rotatable bonds is 5. The molecule has 0 bridgehead atoms. The Morgan fingerprint density at radius 3 is 2.36 bits per heavy atom.